The molecule has 1 aliphatic heterocycles. The summed E-state index contributed by atoms with van der Waals surface area (Å²) < 4.78 is 2.56. The summed E-state index contributed by atoms with van der Waals surface area (Å²) in [5.41, 5.74) is 18.0. The number of halogens is 1. The molecule has 6 N–H and O–H groups in total. The van der Waals surface area contributed by atoms with E-state index in [1.165, 1.54) is 12.8 Å². The Morgan fingerprint density at radius 2 is 1.86 bits per heavy atom. The van der Waals surface area contributed by atoms with Crippen LogP contribution < -0.4 is 22.1 Å². The van der Waals surface area contributed by atoms with Crippen LogP contribution in [0.15, 0.2) is 10.7 Å². The molecule has 3 rings (SSSR count). The topological polar surface area (TPSA) is 111 Å². The summed E-state index contributed by atoms with van der Waals surface area (Å²) in [6, 6.07) is 0. The van der Waals surface area contributed by atoms with E-state index >= 15 is 0 Å². The average molecular weight is 370 g/mol. The fourth-order valence-electron chi connectivity index (χ4n) is 2.42. The van der Waals surface area contributed by atoms with Crippen LogP contribution in [0.1, 0.15) is 25.3 Å². The number of aryl methyl sites for hydroxylation is 1. The molecule has 0 bridgehead atoms. The van der Waals surface area contributed by atoms with Crippen molar-refractivity contribution in [1.82, 2.24) is 14.6 Å². The summed E-state index contributed by atoms with van der Waals surface area (Å²) >= 11 is 3.55. The van der Waals surface area contributed by atoms with Crippen molar-refractivity contribution < 1.29 is 0 Å². The molecule has 0 amide bonds. The first kappa shape index (κ1) is 17.0. The van der Waals surface area contributed by atoms with Crippen LogP contribution in [-0.2, 0) is 6.42 Å². The second-order valence-electron chi connectivity index (χ2n) is 5.16. The summed E-state index contributed by atoms with van der Waals surface area (Å²) in [4.78, 5) is 7.03. The fraction of sp³-hybridized carbons (Fsp3) is 0.571. The van der Waals surface area contributed by atoms with E-state index in [0.29, 0.717) is 18.9 Å². The summed E-state index contributed by atoms with van der Waals surface area (Å²) in [5, 5.41) is 4.30. The fourth-order valence-corrected chi connectivity index (χ4v) is 2.92. The van der Waals surface area contributed by atoms with Crippen LogP contribution in [0, 0.1) is 0 Å². The van der Waals surface area contributed by atoms with Crippen molar-refractivity contribution >= 4 is 33.2 Å². The second kappa shape index (κ2) is 7.75. The molecule has 2 aromatic rings. The highest BCUT2D eigenvalue weighted by Gasteiger charge is 2.21. The van der Waals surface area contributed by atoms with Gasteiger partial charge in [-0.3, -0.25) is 0 Å². The van der Waals surface area contributed by atoms with Crippen molar-refractivity contribution in [3.05, 3.63) is 16.2 Å². The smallest absolute Gasteiger partial charge is 0.162 e. The van der Waals surface area contributed by atoms with Crippen molar-refractivity contribution in [2.24, 2.45) is 11.5 Å². The van der Waals surface area contributed by atoms with Crippen molar-refractivity contribution in [2.75, 3.05) is 36.8 Å². The number of nitrogen functional groups attached to an aromatic ring is 1. The molecule has 1 fully saturated rings. The van der Waals surface area contributed by atoms with Gasteiger partial charge in [-0.15, -0.1) is 0 Å². The van der Waals surface area contributed by atoms with Gasteiger partial charge < -0.3 is 22.1 Å². The number of anilines is 2. The minimum atomic E-state index is 0.597. The van der Waals surface area contributed by atoms with Gasteiger partial charge in [-0.2, -0.15) is 9.61 Å². The van der Waals surface area contributed by atoms with E-state index in [4.69, 9.17) is 22.2 Å². The lowest BCUT2D eigenvalue weighted by Crippen LogP contribution is -2.21. The van der Waals surface area contributed by atoms with Crippen molar-refractivity contribution in [3.63, 3.8) is 0 Å². The predicted molar refractivity (Wildman–Crippen MR) is 94.0 cm³/mol. The molecule has 0 unspecified atom stereocenters. The summed E-state index contributed by atoms with van der Waals surface area (Å²) in [6.07, 6.45) is 5.20. The van der Waals surface area contributed by atoms with Gasteiger partial charge in [0.05, 0.1) is 6.20 Å². The number of hydrogen-bond acceptors (Lipinski definition) is 6. The third-order valence-electron chi connectivity index (χ3n) is 3.63. The Labute approximate surface area is 139 Å². The Bertz CT molecular complexity index is 617. The molecule has 0 aromatic carbocycles. The molecular weight excluding hydrogens is 346 g/mol. The van der Waals surface area contributed by atoms with Crippen LogP contribution in [0.2, 0.25) is 0 Å². The van der Waals surface area contributed by atoms with Gasteiger partial charge >= 0.3 is 0 Å². The van der Waals surface area contributed by atoms with Crippen molar-refractivity contribution in [3.8, 4) is 0 Å². The van der Waals surface area contributed by atoms with E-state index < -0.39 is 0 Å². The Morgan fingerprint density at radius 1 is 1.23 bits per heavy atom. The van der Waals surface area contributed by atoms with E-state index in [2.05, 4.69) is 32.9 Å². The van der Waals surface area contributed by atoms with Gasteiger partial charge in [0.15, 0.2) is 5.65 Å². The van der Waals surface area contributed by atoms with E-state index in [0.717, 1.165) is 41.0 Å². The molecule has 1 aliphatic rings. The minimum Gasteiger partial charge on any atom is -0.383 e. The maximum atomic E-state index is 6.14. The predicted octanol–water partition coefficient (Wildman–Crippen LogP) is 1.14. The first-order valence-electron chi connectivity index (χ1n) is 7.60. The summed E-state index contributed by atoms with van der Waals surface area (Å²) in [6.45, 7) is 5.40. The van der Waals surface area contributed by atoms with Crippen LogP contribution in [-0.4, -0.2) is 40.8 Å². The van der Waals surface area contributed by atoms with Gasteiger partial charge in [-0.1, -0.05) is 6.92 Å². The largest absolute Gasteiger partial charge is 0.383 e. The first-order valence-corrected chi connectivity index (χ1v) is 8.40. The SMILES string of the molecule is CCc1cnn2c(N)c(Br)c(N3CCCC3)nc12.NCCN. The molecule has 2 aromatic heterocycles. The van der Waals surface area contributed by atoms with Gasteiger partial charge in [0, 0.05) is 31.7 Å². The molecule has 0 saturated carbocycles. The number of hydrogen-bond donors (Lipinski definition) is 3. The Morgan fingerprint density at radius 3 is 2.41 bits per heavy atom. The number of rotatable bonds is 3. The molecule has 7 nitrogen and oxygen atoms in total. The van der Waals surface area contributed by atoms with Gasteiger partial charge in [0.1, 0.15) is 16.1 Å². The van der Waals surface area contributed by atoms with E-state index in [1.54, 1.807) is 4.52 Å². The zero-order valence-corrected chi connectivity index (χ0v) is 14.5. The minimum absolute atomic E-state index is 0.597. The monoisotopic (exact) mass is 369 g/mol. The molecule has 3 heterocycles. The van der Waals surface area contributed by atoms with E-state index in [1.807, 2.05) is 6.20 Å². The number of fused-ring (bicyclic) bond motifs is 1. The van der Waals surface area contributed by atoms with Crippen LogP contribution >= 0.6 is 15.9 Å². The van der Waals surface area contributed by atoms with Crippen LogP contribution in [0.3, 0.4) is 0 Å². The maximum absolute atomic E-state index is 6.14. The number of nitrogens with two attached hydrogens (primary N) is 3. The molecule has 22 heavy (non-hydrogen) atoms. The third-order valence-corrected chi connectivity index (χ3v) is 4.39. The average Bonchev–Trinajstić information content (AvgIpc) is 3.20. The first-order chi connectivity index (χ1) is 10.6. The molecule has 122 valence electrons. The highest BCUT2D eigenvalue weighted by atomic mass is 79.9. The lowest BCUT2D eigenvalue weighted by atomic mass is 10.3. The summed E-state index contributed by atoms with van der Waals surface area (Å²) in [7, 11) is 0. The highest BCUT2D eigenvalue weighted by molar-refractivity contribution is 9.10. The molecule has 0 atom stereocenters. The molecule has 1 saturated heterocycles. The molecule has 0 radical (unpaired) electrons. The Kier molecular flexibility index (Phi) is 5.98. The Balaban J connectivity index is 0.000000396. The van der Waals surface area contributed by atoms with Crippen molar-refractivity contribution in [1.29, 1.82) is 0 Å². The van der Waals surface area contributed by atoms with Gasteiger partial charge in [-0.05, 0) is 35.2 Å². The van der Waals surface area contributed by atoms with Crippen LogP contribution in [0.4, 0.5) is 11.6 Å². The highest BCUT2D eigenvalue weighted by Crippen LogP contribution is 2.33. The molecule has 0 aliphatic carbocycles. The summed E-state index contributed by atoms with van der Waals surface area (Å²) in [5.74, 6) is 1.58. The quantitative estimate of drug-likeness (QED) is 0.747. The normalized spacial score (nSPS) is 14.3. The van der Waals surface area contributed by atoms with Crippen LogP contribution in [0.25, 0.3) is 5.65 Å². The van der Waals surface area contributed by atoms with Gasteiger partial charge in [-0.25, -0.2) is 4.98 Å². The molecule has 0 spiro atoms. The second-order valence-corrected chi connectivity index (χ2v) is 5.96. The third kappa shape index (κ3) is 3.34. The molecular formula is C14H24BrN7. The Hall–Kier alpha value is -1.38. The van der Waals surface area contributed by atoms with E-state index in [-0.39, 0.29) is 0 Å². The van der Waals surface area contributed by atoms with Crippen molar-refractivity contribution in [2.45, 2.75) is 26.2 Å². The number of aromatic nitrogens is 3. The van der Waals surface area contributed by atoms with Crippen LogP contribution in [0.5, 0.6) is 0 Å². The maximum Gasteiger partial charge on any atom is 0.162 e. The number of nitrogens with zero attached hydrogens (tertiary/aromatic N) is 4. The van der Waals surface area contributed by atoms with Gasteiger partial charge in [0.2, 0.25) is 0 Å². The standard InChI is InChI=1S/C12H16BrN5.C2H8N2/c1-2-8-7-15-18-10(14)9(13)12(16-11(8)18)17-5-3-4-6-17;3-1-2-4/h7H,2-6,14H2,1H3;1-4H2. The molecule has 8 heteroatoms. The lowest BCUT2D eigenvalue weighted by Gasteiger charge is -2.19. The van der Waals surface area contributed by atoms with E-state index in [9.17, 15) is 0 Å². The zero-order chi connectivity index (χ0) is 16.1. The van der Waals surface area contributed by atoms with Gasteiger partial charge in [0.25, 0.3) is 0 Å². The zero-order valence-electron chi connectivity index (χ0n) is 12.9. The lowest BCUT2D eigenvalue weighted by molar-refractivity contribution is 0.898.